The van der Waals surface area contributed by atoms with Crippen LogP contribution in [0, 0.1) is 25.2 Å². The summed E-state index contributed by atoms with van der Waals surface area (Å²) in [5.41, 5.74) is 4.92. The molecule has 3 rings (SSSR count). The van der Waals surface area contributed by atoms with Gasteiger partial charge in [-0.3, -0.25) is 19.7 Å². The summed E-state index contributed by atoms with van der Waals surface area (Å²) in [5, 5.41) is 15.7. The number of rotatable bonds is 5. The molecule has 0 radical (unpaired) electrons. The Hall–Kier alpha value is -4.12. The van der Waals surface area contributed by atoms with Crippen molar-refractivity contribution >= 4 is 23.0 Å². The predicted molar refractivity (Wildman–Crippen MR) is 112 cm³/mol. The third-order valence-electron chi connectivity index (χ3n) is 4.46. The number of carbonyl (C=O) groups excluding carboxylic acids is 1. The van der Waals surface area contributed by atoms with E-state index in [1.807, 2.05) is 37.3 Å². The van der Waals surface area contributed by atoms with Gasteiger partial charge < -0.3 is 5.32 Å². The van der Waals surface area contributed by atoms with Gasteiger partial charge >= 0.3 is 0 Å². The highest BCUT2D eigenvalue weighted by Gasteiger charge is 2.20. The number of nitrogens with one attached hydrogen (secondary N) is 2. The van der Waals surface area contributed by atoms with Crippen molar-refractivity contribution in [3.05, 3.63) is 76.2 Å². The van der Waals surface area contributed by atoms with Gasteiger partial charge in [-0.15, -0.1) is 0 Å². The van der Waals surface area contributed by atoms with Crippen molar-refractivity contribution < 1.29 is 4.79 Å². The summed E-state index contributed by atoms with van der Waals surface area (Å²) in [7, 11) is 1.72. The molecule has 0 unspecified atom stereocenters. The number of anilines is 2. The second-order valence-electron chi connectivity index (χ2n) is 6.44. The van der Waals surface area contributed by atoms with Crippen molar-refractivity contribution in [2.45, 2.75) is 13.8 Å². The normalized spacial score (nSPS) is 11.0. The van der Waals surface area contributed by atoms with Crippen LogP contribution in [0.15, 0.2) is 64.5 Å². The molecule has 2 N–H and O–H groups in total. The second kappa shape index (κ2) is 8.27. The van der Waals surface area contributed by atoms with Gasteiger partial charge in [0.25, 0.3) is 11.5 Å². The molecule has 0 fully saturated rings. The summed E-state index contributed by atoms with van der Waals surface area (Å²) >= 11 is 0. The van der Waals surface area contributed by atoms with Crippen LogP contribution >= 0.6 is 0 Å². The summed E-state index contributed by atoms with van der Waals surface area (Å²) < 4.78 is 3.08. The third-order valence-corrected chi connectivity index (χ3v) is 4.46. The van der Waals surface area contributed by atoms with E-state index < -0.39 is 11.5 Å². The van der Waals surface area contributed by atoms with Crippen molar-refractivity contribution in [2.75, 3.05) is 10.7 Å². The number of nitriles is 1. The van der Waals surface area contributed by atoms with Crippen LogP contribution in [-0.4, -0.2) is 21.0 Å². The lowest BCUT2D eigenvalue weighted by molar-refractivity contribution is -0.110. The number of amides is 1. The van der Waals surface area contributed by atoms with E-state index in [1.165, 1.54) is 4.68 Å². The van der Waals surface area contributed by atoms with Crippen LogP contribution in [0.4, 0.5) is 11.4 Å². The minimum atomic E-state index is -0.766. The molecule has 0 aliphatic rings. The summed E-state index contributed by atoms with van der Waals surface area (Å²) in [6.07, 6.45) is 0. The molecule has 3 aromatic rings. The number of carbonyl (C=O) groups is 1. The maximum absolute atomic E-state index is 12.9. The van der Waals surface area contributed by atoms with Crippen LogP contribution < -0.4 is 16.3 Å². The molecular weight excluding hydrogens is 368 g/mol. The van der Waals surface area contributed by atoms with Crippen molar-refractivity contribution in [3.8, 4) is 11.8 Å². The molecule has 0 saturated carbocycles. The first-order chi connectivity index (χ1) is 13.9. The average Bonchev–Trinajstić information content (AvgIpc) is 2.93. The Morgan fingerprint density at radius 2 is 1.72 bits per heavy atom. The Morgan fingerprint density at radius 3 is 2.34 bits per heavy atom. The molecule has 0 aliphatic carbocycles. The Balaban J connectivity index is 1.86. The lowest BCUT2D eigenvalue weighted by atomic mass is 10.2. The van der Waals surface area contributed by atoms with Crippen LogP contribution in [0.25, 0.3) is 5.69 Å². The number of aryl methyl sites for hydroxylation is 1. The van der Waals surface area contributed by atoms with E-state index in [2.05, 4.69) is 15.8 Å². The largest absolute Gasteiger partial charge is 0.314 e. The van der Waals surface area contributed by atoms with Crippen molar-refractivity contribution in [1.29, 1.82) is 5.26 Å². The Morgan fingerprint density at radius 1 is 1.07 bits per heavy atom. The van der Waals surface area contributed by atoms with E-state index in [0.29, 0.717) is 17.1 Å². The van der Waals surface area contributed by atoms with Crippen molar-refractivity contribution in [3.63, 3.8) is 0 Å². The molecule has 0 bridgehead atoms. The molecule has 8 heteroatoms. The van der Waals surface area contributed by atoms with Gasteiger partial charge in [0.05, 0.1) is 17.1 Å². The Labute approximate surface area is 167 Å². The molecule has 0 atom stereocenters. The average molecular weight is 388 g/mol. The van der Waals surface area contributed by atoms with Crippen LogP contribution in [-0.2, 0) is 11.8 Å². The molecule has 1 heterocycles. The van der Waals surface area contributed by atoms with Gasteiger partial charge in [0.15, 0.2) is 0 Å². The molecule has 146 valence electrons. The van der Waals surface area contributed by atoms with E-state index in [0.717, 1.165) is 5.56 Å². The Bertz CT molecular complexity index is 1160. The first-order valence-electron chi connectivity index (χ1n) is 8.88. The van der Waals surface area contributed by atoms with Crippen molar-refractivity contribution in [2.24, 2.45) is 12.1 Å². The van der Waals surface area contributed by atoms with Crippen LogP contribution in [0.5, 0.6) is 0 Å². The zero-order valence-corrected chi connectivity index (χ0v) is 16.3. The van der Waals surface area contributed by atoms with Gasteiger partial charge in [0, 0.05) is 7.05 Å². The fraction of sp³-hybridized carbons (Fsp3) is 0.143. The minimum absolute atomic E-state index is 0.0969. The zero-order chi connectivity index (χ0) is 21.0. The van der Waals surface area contributed by atoms with Crippen LogP contribution in [0.3, 0.4) is 0 Å². The molecule has 2 aromatic carbocycles. The van der Waals surface area contributed by atoms with Gasteiger partial charge in [0.1, 0.15) is 11.8 Å². The van der Waals surface area contributed by atoms with Crippen LogP contribution in [0.1, 0.15) is 11.3 Å². The molecule has 1 amide bonds. The topological polar surface area (TPSA) is 104 Å². The highest BCUT2D eigenvalue weighted by atomic mass is 16.2. The first-order valence-corrected chi connectivity index (χ1v) is 8.88. The number of aromatic nitrogens is 2. The lowest BCUT2D eigenvalue weighted by Crippen LogP contribution is -2.27. The summed E-state index contributed by atoms with van der Waals surface area (Å²) in [6.45, 7) is 3.66. The predicted octanol–water partition coefficient (Wildman–Crippen LogP) is 2.72. The molecule has 0 saturated heterocycles. The maximum atomic E-state index is 12.9. The number of para-hydroxylation sites is 1. The van der Waals surface area contributed by atoms with Crippen molar-refractivity contribution in [1.82, 2.24) is 9.36 Å². The smallest absolute Gasteiger partial charge is 0.295 e. The Kier molecular flexibility index (Phi) is 5.60. The highest BCUT2D eigenvalue weighted by Crippen LogP contribution is 2.14. The summed E-state index contributed by atoms with van der Waals surface area (Å²) in [6, 6.07) is 18.2. The third kappa shape index (κ3) is 4.09. The minimum Gasteiger partial charge on any atom is -0.314 e. The molecule has 8 nitrogen and oxygen atoms in total. The van der Waals surface area contributed by atoms with Gasteiger partial charge in [-0.2, -0.15) is 10.4 Å². The van der Waals surface area contributed by atoms with Crippen LogP contribution in [0.2, 0.25) is 0 Å². The van der Waals surface area contributed by atoms with Gasteiger partial charge in [-0.25, -0.2) is 4.68 Å². The first kappa shape index (κ1) is 19.6. The monoisotopic (exact) mass is 388 g/mol. The fourth-order valence-corrected chi connectivity index (χ4v) is 2.76. The quantitative estimate of drug-likeness (QED) is 0.518. The summed E-state index contributed by atoms with van der Waals surface area (Å²) in [5.74, 6) is -0.766. The number of hydrogen-bond donors (Lipinski definition) is 2. The standard InChI is InChI=1S/C21H20N6O2/c1-14-9-11-16(12-10-14)24-25-18(13-22)20(28)23-19-15(2)26(3)27(21(19)29)17-7-5-4-6-8-17/h4-12,24H,1-3H3,(H,23,28). The van der Waals surface area contributed by atoms with E-state index in [9.17, 15) is 14.9 Å². The zero-order valence-electron chi connectivity index (χ0n) is 16.3. The van der Waals surface area contributed by atoms with Gasteiger partial charge in [-0.05, 0) is 38.1 Å². The molecule has 0 aliphatic heterocycles. The second-order valence-corrected chi connectivity index (χ2v) is 6.44. The molecule has 0 spiro atoms. The lowest BCUT2D eigenvalue weighted by Gasteiger charge is -2.07. The molecule has 1 aromatic heterocycles. The molecule has 29 heavy (non-hydrogen) atoms. The SMILES string of the molecule is Cc1ccc(NN=C(C#N)C(=O)Nc2c(C)n(C)n(-c3ccccc3)c2=O)cc1. The van der Waals surface area contributed by atoms with E-state index in [4.69, 9.17) is 0 Å². The number of hydrogen-bond acceptors (Lipinski definition) is 5. The number of hydrazone groups is 1. The van der Waals surface area contributed by atoms with E-state index in [1.54, 1.807) is 49.0 Å². The van der Waals surface area contributed by atoms with Gasteiger partial charge in [-0.1, -0.05) is 35.9 Å². The summed E-state index contributed by atoms with van der Waals surface area (Å²) in [4.78, 5) is 25.4. The molecular formula is C21H20N6O2. The van der Waals surface area contributed by atoms with E-state index in [-0.39, 0.29) is 11.4 Å². The van der Waals surface area contributed by atoms with E-state index >= 15 is 0 Å². The number of benzene rings is 2. The fourth-order valence-electron chi connectivity index (χ4n) is 2.76. The van der Waals surface area contributed by atoms with Gasteiger partial charge in [0.2, 0.25) is 5.71 Å². The highest BCUT2D eigenvalue weighted by molar-refractivity contribution is 6.48. The number of nitrogens with zero attached hydrogens (tertiary/aromatic N) is 4. The maximum Gasteiger partial charge on any atom is 0.295 e.